The van der Waals surface area contributed by atoms with Crippen LogP contribution in [0.3, 0.4) is 0 Å². The number of thiazole rings is 1. The first kappa shape index (κ1) is 16.0. The summed E-state index contributed by atoms with van der Waals surface area (Å²) in [7, 11) is 0. The monoisotopic (exact) mass is 366 g/mol. The topological polar surface area (TPSA) is 50.7 Å². The van der Waals surface area contributed by atoms with E-state index >= 15 is 0 Å². The fourth-order valence-electron chi connectivity index (χ4n) is 2.80. The van der Waals surface area contributed by atoms with E-state index in [2.05, 4.69) is 38.5 Å². The van der Waals surface area contributed by atoms with Gasteiger partial charge in [-0.15, -0.1) is 11.3 Å². The quantitative estimate of drug-likeness (QED) is 0.496. The molecule has 0 spiro atoms. The van der Waals surface area contributed by atoms with Crippen LogP contribution in [-0.2, 0) is 6.54 Å². The van der Waals surface area contributed by atoms with E-state index in [4.69, 9.17) is 11.6 Å². The predicted octanol–water partition coefficient (Wildman–Crippen LogP) is 5.33. The zero-order valence-corrected chi connectivity index (χ0v) is 15.1. The third-order valence-corrected chi connectivity index (χ3v) is 4.88. The first-order valence-corrected chi connectivity index (χ1v) is 9.13. The summed E-state index contributed by atoms with van der Waals surface area (Å²) in [6.45, 7) is 2.59. The van der Waals surface area contributed by atoms with Crippen molar-refractivity contribution in [1.29, 1.82) is 0 Å². The van der Waals surface area contributed by atoms with Crippen molar-refractivity contribution in [2.75, 3.05) is 5.32 Å². The highest BCUT2D eigenvalue weighted by Crippen LogP contribution is 2.33. The van der Waals surface area contributed by atoms with Crippen molar-refractivity contribution in [3.63, 3.8) is 0 Å². The van der Waals surface area contributed by atoms with Gasteiger partial charge in [0.2, 0.25) is 5.28 Å². The summed E-state index contributed by atoms with van der Waals surface area (Å²) in [6.07, 6.45) is 0. The number of nitrogens with one attached hydrogen (secondary N) is 1. The van der Waals surface area contributed by atoms with E-state index in [-0.39, 0.29) is 5.28 Å². The standard InChI is InChI=1S/C19H15ClN4S/c1-12-22-14(11-25-12)10-21-18-17-15(13-6-3-2-4-7-13)8-5-9-16(17)23-19(20)24-18/h2-9,11H,10H2,1H3,(H,21,23,24). The number of aryl methyl sites for hydroxylation is 1. The number of hydrogen-bond acceptors (Lipinski definition) is 5. The van der Waals surface area contributed by atoms with Crippen molar-refractivity contribution >= 4 is 39.7 Å². The molecule has 0 aliphatic heterocycles. The van der Waals surface area contributed by atoms with Gasteiger partial charge in [0.15, 0.2) is 0 Å². The van der Waals surface area contributed by atoms with Gasteiger partial charge in [-0.3, -0.25) is 0 Å². The van der Waals surface area contributed by atoms with Crippen molar-refractivity contribution in [2.45, 2.75) is 13.5 Å². The lowest BCUT2D eigenvalue weighted by molar-refractivity contribution is 1.04. The SMILES string of the molecule is Cc1nc(CNc2nc(Cl)nc3cccc(-c4ccccc4)c23)cs1. The van der Waals surface area contributed by atoms with Gasteiger partial charge in [0.05, 0.1) is 28.1 Å². The van der Waals surface area contributed by atoms with E-state index < -0.39 is 0 Å². The van der Waals surface area contributed by atoms with E-state index in [1.165, 1.54) is 0 Å². The van der Waals surface area contributed by atoms with E-state index in [0.29, 0.717) is 6.54 Å². The van der Waals surface area contributed by atoms with Crippen molar-refractivity contribution in [3.8, 4) is 11.1 Å². The van der Waals surface area contributed by atoms with Crippen LogP contribution in [-0.4, -0.2) is 15.0 Å². The Morgan fingerprint density at radius 2 is 1.84 bits per heavy atom. The Kier molecular flexibility index (Phi) is 4.34. The van der Waals surface area contributed by atoms with E-state index in [1.54, 1.807) is 11.3 Å². The number of benzene rings is 2. The van der Waals surface area contributed by atoms with Gasteiger partial charge in [-0.25, -0.2) is 15.0 Å². The fourth-order valence-corrected chi connectivity index (χ4v) is 3.59. The Bertz CT molecular complexity index is 1030. The van der Waals surface area contributed by atoms with Crippen molar-refractivity contribution < 1.29 is 0 Å². The number of rotatable bonds is 4. The van der Waals surface area contributed by atoms with Crippen LogP contribution < -0.4 is 5.32 Å². The molecular formula is C19H15ClN4S. The average Bonchev–Trinajstić information content (AvgIpc) is 3.05. The summed E-state index contributed by atoms with van der Waals surface area (Å²) < 4.78 is 0. The lowest BCUT2D eigenvalue weighted by Crippen LogP contribution is -2.04. The van der Waals surface area contributed by atoms with Gasteiger partial charge in [-0.1, -0.05) is 42.5 Å². The van der Waals surface area contributed by atoms with Gasteiger partial charge in [-0.2, -0.15) is 0 Å². The van der Waals surface area contributed by atoms with Crippen LogP contribution in [0.15, 0.2) is 53.9 Å². The molecule has 6 heteroatoms. The third kappa shape index (κ3) is 3.34. The predicted molar refractivity (Wildman–Crippen MR) is 104 cm³/mol. The Balaban J connectivity index is 1.82. The molecule has 2 heterocycles. The van der Waals surface area contributed by atoms with E-state index in [9.17, 15) is 0 Å². The normalized spacial score (nSPS) is 11.0. The van der Waals surface area contributed by atoms with Gasteiger partial charge in [0.25, 0.3) is 0 Å². The minimum Gasteiger partial charge on any atom is -0.364 e. The molecule has 0 saturated carbocycles. The molecule has 0 aliphatic carbocycles. The minimum absolute atomic E-state index is 0.231. The van der Waals surface area contributed by atoms with Gasteiger partial charge in [0.1, 0.15) is 5.82 Å². The highest BCUT2D eigenvalue weighted by molar-refractivity contribution is 7.09. The maximum atomic E-state index is 6.13. The first-order valence-electron chi connectivity index (χ1n) is 7.87. The number of nitrogens with zero attached hydrogens (tertiary/aromatic N) is 3. The summed E-state index contributed by atoms with van der Waals surface area (Å²) in [5.41, 5.74) is 4.00. The third-order valence-electron chi connectivity index (χ3n) is 3.88. The Labute approximate surface area is 154 Å². The number of aromatic nitrogens is 3. The average molecular weight is 367 g/mol. The molecule has 0 unspecified atom stereocenters. The van der Waals surface area contributed by atoms with Crippen LogP contribution in [0.2, 0.25) is 5.28 Å². The molecule has 2 aromatic heterocycles. The second kappa shape index (κ2) is 6.78. The van der Waals surface area contributed by atoms with E-state index in [1.807, 2.05) is 42.6 Å². The summed E-state index contributed by atoms with van der Waals surface area (Å²) in [5, 5.41) is 7.67. The van der Waals surface area contributed by atoms with Crippen molar-refractivity contribution in [1.82, 2.24) is 15.0 Å². The van der Waals surface area contributed by atoms with Gasteiger partial charge in [0, 0.05) is 5.38 Å². The fraction of sp³-hybridized carbons (Fsp3) is 0.105. The molecule has 1 N–H and O–H groups in total. The van der Waals surface area contributed by atoms with Gasteiger partial charge in [-0.05, 0) is 35.7 Å². The molecule has 0 amide bonds. The Hall–Kier alpha value is -2.50. The second-order valence-corrected chi connectivity index (χ2v) is 7.02. The molecule has 0 aliphatic rings. The van der Waals surface area contributed by atoms with Crippen LogP contribution in [0.4, 0.5) is 5.82 Å². The molecule has 25 heavy (non-hydrogen) atoms. The minimum atomic E-state index is 0.231. The zero-order chi connectivity index (χ0) is 17.2. The molecule has 0 saturated heterocycles. The highest BCUT2D eigenvalue weighted by atomic mass is 35.5. The lowest BCUT2D eigenvalue weighted by Gasteiger charge is -2.12. The highest BCUT2D eigenvalue weighted by Gasteiger charge is 2.12. The number of fused-ring (bicyclic) bond motifs is 1. The first-order chi connectivity index (χ1) is 12.2. The van der Waals surface area contributed by atoms with Crippen molar-refractivity contribution in [3.05, 3.63) is 69.9 Å². The number of hydrogen-bond donors (Lipinski definition) is 1. The summed E-state index contributed by atoms with van der Waals surface area (Å²) in [4.78, 5) is 13.3. The molecule has 124 valence electrons. The molecule has 0 atom stereocenters. The molecule has 0 radical (unpaired) electrons. The number of anilines is 1. The molecule has 4 aromatic rings. The van der Waals surface area contributed by atoms with Crippen molar-refractivity contribution in [2.24, 2.45) is 0 Å². The van der Waals surface area contributed by atoms with Crippen LogP contribution in [0.1, 0.15) is 10.7 Å². The van der Waals surface area contributed by atoms with Crippen LogP contribution in [0.25, 0.3) is 22.0 Å². The van der Waals surface area contributed by atoms with Crippen LogP contribution in [0, 0.1) is 6.92 Å². The van der Waals surface area contributed by atoms with Gasteiger partial charge < -0.3 is 5.32 Å². The maximum Gasteiger partial charge on any atom is 0.224 e. The zero-order valence-electron chi connectivity index (χ0n) is 13.5. The summed E-state index contributed by atoms with van der Waals surface area (Å²) >= 11 is 7.77. The molecule has 2 aromatic carbocycles. The molecule has 4 nitrogen and oxygen atoms in total. The second-order valence-electron chi connectivity index (χ2n) is 5.62. The Morgan fingerprint density at radius 1 is 1.00 bits per heavy atom. The van der Waals surface area contributed by atoms with Crippen LogP contribution >= 0.6 is 22.9 Å². The van der Waals surface area contributed by atoms with E-state index in [0.717, 1.165) is 38.5 Å². The summed E-state index contributed by atoms with van der Waals surface area (Å²) in [6, 6.07) is 16.2. The molecular weight excluding hydrogens is 352 g/mol. The maximum absolute atomic E-state index is 6.13. The number of halogens is 1. The lowest BCUT2D eigenvalue weighted by atomic mass is 10.0. The largest absolute Gasteiger partial charge is 0.364 e. The van der Waals surface area contributed by atoms with Gasteiger partial charge >= 0.3 is 0 Å². The Morgan fingerprint density at radius 3 is 2.60 bits per heavy atom. The summed E-state index contributed by atoms with van der Waals surface area (Å²) in [5.74, 6) is 0.722. The van der Waals surface area contributed by atoms with Crippen LogP contribution in [0.5, 0.6) is 0 Å². The molecule has 0 bridgehead atoms. The smallest absolute Gasteiger partial charge is 0.224 e. The molecule has 0 fully saturated rings. The molecule has 4 rings (SSSR count).